The second kappa shape index (κ2) is 10.0. The smallest absolute Gasteiger partial charge is 0.0593 e. The highest BCUT2D eigenvalue weighted by molar-refractivity contribution is 6.18. The number of hydrogen-bond acceptors (Lipinski definition) is 3. The molecule has 1 rings (SSSR count). The number of nitrogens with zero attached hydrogens (tertiary/aromatic N) is 2. The van der Waals surface area contributed by atoms with Gasteiger partial charge in [-0.05, 0) is 31.8 Å². The molecule has 0 aromatic rings. The van der Waals surface area contributed by atoms with Crippen LogP contribution in [0.15, 0.2) is 0 Å². The topological polar surface area (TPSA) is 15.7 Å². The van der Waals surface area contributed by atoms with E-state index >= 15 is 0 Å². The van der Waals surface area contributed by atoms with Crippen LogP contribution in [0.2, 0.25) is 0 Å². The van der Waals surface area contributed by atoms with Gasteiger partial charge in [0.15, 0.2) is 0 Å². The summed E-state index contributed by atoms with van der Waals surface area (Å²) in [4.78, 5) is 4.98. The first-order valence-corrected chi connectivity index (χ1v) is 7.84. The third-order valence-electron chi connectivity index (χ3n) is 3.47. The van der Waals surface area contributed by atoms with Crippen molar-refractivity contribution in [3.8, 4) is 0 Å². The second-order valence-corrected chi connectivity index (χ2v) is 5.90. The quantitative estimate of drug-likeness (QED) is 0.500. The van der Waals surface area contributed by atoms with Crippen LogP contribution in [-0.2, 0) is 4.74 Å². The third-order valence-corrected chi connectivity index (χ3v) is 3.64. The summed E-state index contributed by atoms with van der Waals surface area (Å²) < 4.78 is 5.69. The van der Waals surface area contributed by atoms with E-state index in [4.69, 9.17) is 16.3 Å². The van der Waals surface area contributed by atoms with Crippen LogP contribution in [-0.4, -0.2) is 68.2 Å². The van der Waals surface area contributed by atoms with Gasteiger partial charge >= 0.3 is 0 Å². The number of rotatable bonds is 8. The average Bonchev–Trinajstić information content (AvgIpc) is 2.55. The average molecular weight is 277 g/mol. The van der Waals surface area contributed by atoms with Crippen molar-refractivity contribution in [1.82, 2.24) is 9.80 Å². The number of ether oxygens (including phenoxy) is 1. The molecule has 0 atom stereocenters. The van der Waals surface area contributed by atoms with E-state index in [0.717, 1.165) is 51.2 Å². The number of hydrogen-bond donors (Lipinski definition) is 0. The van der Waals surface area contributed by atoms with Gasteiger partial charge in [0, 0.05) is 38.7 Å². The Balaban J connectivity index is 2.04. The predicted octanol–water partition coefficient (Wildman–Crippen LogP) is 2.30. The van der Waals surface area contributed by atoms with Crippen molar-refractivity contribution in [2.45, 2.75) is 26.7 Å². The highest BCUT2D eigenvalue weighted by atomic mass is 35.5. The Hall–Kier alpha value is 0.170. The Labute approximate surface area is 117 Å². The lowest BCUT2D eigenvalue weighted by molar-refractivity contribution is 0.0970. The molecule has 1 aliphatic rings. The van der Waals surface area contributed by atoms with Gasteiger partial charge in [-0.15, -0.1) is 11.6 Å². The molecule has 0 aromatic carbocycles. The van der Waals surface area contributed by atoms with E-state index in [-0.39, 0.29) is 0 Å². The lowest BCUT2D eigenvalue weighted by Gasteiger charge is -2.21. The molecule has 0 radical (unpaired) electrons. The lowest BCUT2D eigenvalue weighted by Crippen LogP contribution is -2.33. The minimum absolute atomic E-state index is 0.743. The molecule has 4 heteroatoms. The predicted molar refractivity (Wildman–Crippen MR) is 78.5 cm³/mol. The summed E-state index contributed by atoms with van der Waals surface area (Å²) in [5.41, 5.74) is 0. The fourth-order valence-corrected chi connectivity index (χ4v) is 2.44. The van der Waals surface area contributed by atoms with Crippen molar-refractivity contribution in [1.29, 1.82) is 0 Å². The van der Waals surface area contributed by atoms with Crippen LogP contribution in [0, 0.1) is 5.92 Å². The lowest BCUT2D eigenvalue weighted by atomic mass is 10.1. The summed E-state index contributed by atoms with van der Waals surface area (Å²) in [6.45, 7) is 13.1. The molecule has 18 heavy (non-hydrogen) atoms. The Morgan fingerprint density at radius 2 is 1.67 bits per heavy atom. The van der Waals surface area contributed by atoms with Gasteiger partial charge in [0.2, 0.25) is 0 Å². The van der Waals surface area contributed by atoms with E-state index in [1.165, 1.54) is 25.9 Å². The van der Waals surface area contributed by atoms with E-state index in [9.17, 15) is 0 Å². The van der Waals surface area contributed by atoms with Gasteiger partial charge in [0.25, 0.3) is 0 Å². The summed E-state index contributed by atoms with van der Waals surface area (Å²) in [6.07, 6.45) is 2.42. The molecule has 1 fully saturated rings. The van der Waals surface area contributed by atoms with Gasteiger partial charge in [-0.25, -0.2) is 0 Å². The molecule has 3 nitrogen and oxygen atoms in total. The van der Waals surface area contributed by atoms with Crippen LogP contribution in [0.4, 0.5) is 0 Å². The maximum Gasteiger partial charge on any atom is 0.0593 e. The molecule has 1 saturated heterocycles. The summed E-state index contributed by atoms with van der Waals surface area (Å²) in [5.74, 6) is 1.49. The first-order valence-electron chi connectivity index (χ1n) is 7.30. The largest absolute Gasteiger partial charge is 0.380 e. The van der Waals surface area contributed by atoms with Crippen molar-refractivity contribution in [2.75, 3.05) is 58.4 Å². The minimum atomic E-state index is 0.743. The van der Waals surface area contributed by atoms with Crippen LogP contribution in [0.5, 0.6) is 0 Å². The maximum atomic E-state index is 5.79. The molecule has 0 aliphatic carbocycles. The van der Waals surface area contributed by atoms with Gasteiger partial charge in [-0.1, -0.05) is 13.8 Å². The summed E-state index contributed by atoms with van der Waals surface area (Å²) in [5, 5.41) is 0. The zero-order valence-corrected chi connectivity index (χ0v) is 12.8. The van der Waals surface area contributed by atoms with Crippen LogP contribution in [0.25, 0.3) is 0 Å². The number of halogens is 1. The van der Waals surface area contributed by atoms with Gasteiger partial charge in [-0.2, -0.15) is 0 Å². The molecule has 0 unspecified atom stereocenters. The Morgan fingerprint density at radius 3 is 2.28 bits per heavy atom. The zero-order valence-electron chi connectivity index (χ0n) is 12.0. The fourth-order valence-electron chi connectivity index (χ4n) is 2.21. The van der Waals surface area contributed by atoms with Crippen LogP contribution >= 0.6 is 11.6 Å². The molecule has 1 aliphatic heterocycles. The molecule has 1 heterocycles. The van der Waals surface area contributed by atoms with Gasteiger partial charge in [-0.3, -0.25) is 4.90 Å². The molecule has 0 aromatic heterocycles. The van der Waals surface area contributed by atoms with E-state index < -0.39 is 0 Å². The molecule has 0 N–H and O–H groups in total. The number of alkyl halides is 1. The van der Waals surface area contributed by atoms with Gasteiger partial charge in [0.1, 0.15) is 0 Å². The normalized spacial score (nSPS) is 19.3. The maximum absolute atomic E-state index is 5.79. The van der Waals surface area contributed by atoms with Gasteiger partial charge in [0.05, 0.1) is 6.61 Å². The standard InChI is InChI=1S/C14H29ClN2O/c1-14(2)4-12-18-13-11-17-7-3-6-16(8-5-15)9-10-17/h14H,3-13H2,1-2H3. The molecule has 108 valence electrons. The van der Waals surface area contributed by atoms with Gasteiger partial charge < -0.3 is 9.64 Å². The molecular weight excluding hydrogens is 248 g/mol. The zero-order chi connectivity index (χ0) is 13.2. The van der Waals surface area contributed by atoms with Crippen molar-refractivity contribution in [3.63, 3.8) is 0 Å². The first-order chi connectivity index (χ1) is 8.72. The fraction of sp³-hybridized carbons (Fsp3) is 1.00. The third kappa shape index (κ3) is 7.57. The highest BCUT2D eigenvalue weighted by Crippen LogP contribution is 2.03. The summed E-state index contributed by atoms with van der Waals surface area (Å²) in [6, 6.07) is 0. The molecule has 0 bridgehead atoms. The van der Waals surface area contributed by atoms with E-state index in [1.807, 2.05) is 0 Å². The van der Waals surface area contributed by atoms with Crippen LogP contribution < -0.4 is 0 Å². The van der Waals surface area contributed by atoms with E-state index in [0.29, 0.717) is 0 Å². The van der Waals surface area contributed by atoms with Crippen molar-refractivity contribution < 1.29 is 4.74 Å². The SMILES string of the molecule is CC(C)CCOCCN1CCCN(CCCl)CC1. The molecule has 0 amide bonds. The Kier molecular flexibility index (Phi) is 9.03. The Morgan fingerprint density at radius 1 is 1.00 bits per heavy atom. The summed E-state index contributed by atoms with van der Waals surface area (Å²) in [7, 11) is 0. The van der Waals surface area contributed by atoms with Crippen molar-refractivity contribution in [3.05, 3.63) is 0 Å². The van der Waals surface area contributed by atoms with Crippen molar-refractivity contribution >= 4 is 11.6 Å². The summed E-state index contributed by atoms with van der Waals surface area (Å²) >= 11 is 5.79. The highest BCUT2D eigenvalue weighted by Gasteiger charge is 2.13. The van der Waals surface area contributed by atoms with Crippen LogP contribution in [0.3, 0.4) is 0 Å². The van der Waals surface area contributed by atoms with E-state index in [1.54, 1.807) is 0 Å². The molecule has 0 spiro atoms. The monoisotopic (exact) mass is 276 g/mol. The van der Waals surface area contributed by atoms with E-state index in [2.05, 4.69) is 23.6 Å². The molecular formula is C14H29ClN2O. The second-order valence-electron chi connectivity index (χ2n) is 5.52. The Bertz CT molecular complexity index is 202. The van der Waals surface area contributed by atoms with Crippen LogP contribution in [0.1, 0.15) is 26.7 Å². The van der Waals surface area contributed by atoms with Crippen molar-refractivity contribution in [2.24, 2.45) is 5.92 Å². The minimum Gasteiger partial charge on any atom is -0.380 e. The first kappa shape index (κ1) is 16.2. The molecule has 0 saturated carbocycles.